The van der Waals surface area contributed by atoms with Crippen LogP contribution in [0.25, 0.3) is 0 Å². The molecular formula is C35H64O2. The van der Waals surface area contributed by atoms with Gasteiger partial charge in [-0.3, -0.25) is 4.79 Å². The molecule has 0 rings (SSSR count). The average Bonchev–Trinajstić information content (AvgIpc) is 2.90. The molecule has 2 heteroatoms. The van der Waals surface area contributed by atoms with Gasteiger partial charge in [0.2, 0.25) is 0 Å². The molecule has 216 valence electrons. The van der Waals surface area contributed by atoms with E-state index in [2.05, 4.69) is 50.3 Å². The number of unbranched alkanes of at least 4 members (excludes halogenated alkanes) is 19. The third-order valence-corrected chi connectivity index (χ3v) is 7.00. The van der Waals surface area contributed by atoms with E-state index in [1.807, 2.05) is 0 Å². The van der Waals surface area contributed by atoms with Gasteiger partial charge >= 0.3 is 5.97 Å². The Kier molecular flexibility index (Phi) is 31.6. The summed E-state index contributed by atoms with van der Waals surface area (Å²) >= 11 is 0. The molecule has 0 fully saturated rings. The zero-order valence-electron chi connectivity index (χ0n) is 25.2. The van der Waals surface area contributed by atoms with Gasteiger partial charge in [0.15, 0.2) is 0 Å². The van der Waals surface area contributed by atoms with Gasteiger partial charge in [0.05, 0.1) is 6.61 Å². The lowest BCUT2D eigenvalue weighted by molar-refractivity contribution is -0.143. The van der Waals surface area contributed by atoms with Crippen LogP contribution in [0.3, 0.4) is 0 Å². The van der Waals surface area contributed by atoms with E-state index in [1.54, 1.807) is 0 Å². The molecular weight excluding hydrogens is 452 g/mol. The summed E-state index contributed by atoms with van der Waals surface area (Å²) in [5.41, 5.74) is 0. The molecule has 0 saturated carbocycles. The van der Waals surface area contributed by atoms with Crippen LogP contribution in [0.4, 0.5) is 0 Å². The van der Waals surface area contributed by atoms with Crippen molar-refractivity contribution in [3.05, 3.63) is 36.5 Å². The Morgan fingerprint density at radius 3 is 1.41 bits per heavy atom. The fraction of sp³-hybridized carbons (Fsp3) is 0.800. The molecule has 0 amide bonds. The van der Waals surface area contributed by atoms with E-state index < -0.39 is 0 Å². The Balaban J connectivity index is 3.26. The molecule has 0 aliphatic heterocycles. The van der Waals surface area contributed by atoms with Crippen LogP contribution in [0.5, 0.6) is 0 Å². The van der Waals surface area contributed by atoms with Gasteiger partial charge in [-0.2, -0.15) is 0 Å². The number of allylic oxidation sites excluding steroid dienone is 6. The third kappa shape index (κ3) is 32.7. The van der Waals surface area contributed by atoms with Crippen LogP contribution in [0, 0.1) is 0 Å². The van der Waals surface area contributed by atoms with Crippen molar-refractivity contribution in [3.63, 3.8) is 0 Å². The minimum Gasteiger partial charge on any atom is -0.466 e. The molecule has 0 saturated heterocycles. The Hall–Kier alpha value is -1.31. The maximum absolute atomic E-state index is 11.9. The topological polar surface area (TPSA) is 26.3 Å². The Bertz CT molecular complexity index is 531. The average molecular weight is 517 g/mol. The van der Waals surface area contributed by atoms with E-state index in [0.717, 1.165) is 25.7 Å². The largest absolute Gasteiger partial charge is 0.466 e. The number of hydrogen-bond acceptors (Lipinski definition) is 2. The van der Waals surface area contributed by atoms with Crippen molar-refractivity contribution in [2.24, 2.45) is 0 Å². The first-order chi connectivity index (χ1) is 18.3. The van der Waals surface area contributed by atoms with Gasteiger partial charge in [0.25, 0.3) is 0 Å². The molecule has 0 aromatic carbocycles. The molecule has 0 heterocycles. The van der Waals surface area contributed by atoms with Crippen molar-refractivity contribution in [1.29, 1.82) is 0 Å². The number of rotatable bonds is 29. The van der Waals surface area contributed by atoms with Crippen molar-refractivity contribution in [2.75, 3.05) is 6.61 Å². The minimum absolute atomic E-state index is 0.00247. The number of esters is 1. The minimum atomic E-state index is 0.00247. The summed E-state index contributed by atoms with van der Waals surface area (Å²) in [5.74, 6) is 0.00247. The van der Waals surface area contributed by atoms with Gasteiger partial charge in [-0.05, 0) is 64.2 Å². The summed E-state index contributed by atoms with van der Waals surface area (Å²) in [5, 5.41) is 0. The molecule has 0 spiro atoms. The van der Waals surface area contributed by atoms with E-state index in [1.165, 1.54) is 128 Å². The first-order valence-corrected chi connectivity index (χ1v) is 16.4. The predicted octanol–water partition coefficient (Wildman–Crippen LogP) is 12.0. The lowest BCUT2D eigenvalue weighted by Crippen LogP contribution is -2.05. The van der Waals surface area contributed by atoms with Crippen molar-refractivity contribution in [3.8, 4) is 0 Å². The van der Waals surface area contributed by atoms with E-state index >= 15 is 0 Å². The van der Waals surface area contributed by atoms with E-state index in [0.29, 0.717) is 13.0 Å². The third-order valence-electron chi connectivity index (χ3n) is 7.00. The molecule has 0 radical (unpaired) electrons. The predicted molar refractivity (Wildman–Crippen MR) is 165 cm³/mol. The summed E-state index contributed by atoms with van der Waals surface area (Å²) in [6, 6.07) is 0. The summed E-state index contributed by atoms with van der Waals surface area (Å²) < 4.78 is 5.41. The quantitative estimate of drug-likeness (QED) is 0.0561. The van der Waals surface area contributed by atoms with Crippen LogP contribution >= 0.6 is 0 Å². The van der Waals surface area contributed by atoms with Crippen molar-refractivity contribution >= 4 is 5.97 Å². The van der Waals surface area contributed by atoms with Crippen LogP contribution in [0.15, 0.2) is 36.5 Å². The first kappa shape index (κ1) is 35.7. The van der Waals surface area contributed by atoms with Crippen LogP contribution in [0.1, 0.15) is 174 Å². The Labute approximate surface area is 232 Å². The number of carbonyl (C=O) groups excluding carboxylic acids is 1. The zero-order valence-corrected chi connectivity index (χ0v) is 25.2. The highest BCUT2D eigenvalue weighted by molar-refractivity contribution is 5.69. The summed E-state index contributed by atoms with van der Waals surface area (Å²) in [6.45, 7) is 5.13. The van der Waals surface area contributed by atoms with Gasteiger partial charge < -0.3 is 4.74 Å². The van der Waals surface area contributed by atoms with Crippen LogP contribution < -0.4 is 0 Å². The maximum atomic E-state index is 11.9. The standard InChI is InChI=1S/C35H64O2/c1-3-5-7-9-11-13-15-17-19-20-22-24-26-28-30-32-34-37-35(36)33-31-29-27-25-23-21-18-16-14-12-10-8-6-4-2/h10,12,16-19H,3-9,11,13-15,20-34H2,1-2H3/b12-10-,18-16-,19-17-. The monoisotopic (exact) mass is 516 g/mol. The number of carbonyl (C=O) groups is 1. The summed E-state index contributed by atoms with van der Waals surface area (Å²) in [7, 11) is 0. The second kappa shape index (κ2) is 32.7. The van der Waals surface area contributed by atoms with Gasteiger partial charge in [-0.25, -0.2) is 0 Å². The fourth-order valence-electron chi connectivity index (χ4n) is 4.50. The molecule has 0 aromatic heterocycles. The van der Waals surface area contributed by atoms with Gasteiger partial charge in [-0.1, -0.05) is 140 Å². The van der Waals surface area contributed by atoms with Gasteiger partial charge in [-0.15, -0.1) is 0 Å². The maximum Gasteiger partial charge on any atom is 0.305 e. The molecule has 0 aliphatic rings. The smallest absolute Gasteiger partial charge is 0.305 e. The van der Waals surface area contributed by atoms with E-state index in [9.17, 15) is 4.79 Å². The molecule has 0 N–H and O–H groups in total. The summed E-state index contributed by atoms with van der Waals surface area (Å²) in [6.07, 6.45) is 44.7. The van der Waals surface area contributed by atoms with Crippen molar-refractivity contribution < 1.29 is 9.53 Å². The highest BCUT2D eigenvalue weighted by atomic mass is 16.5. The zero-order chi connectivity index (χ0) is 26.9. The highest BCUT2D eigenvalue weighted by Gasteiger charge is 2.02. The molecule has 2 nitrogen and oxygen atoms in total. The molecule has 0 unspecified atom stereocenters. The lowest BCUT2D eigenvalue weighted by Gasteiger charge is -2.05. The second-order valence-corrected chi connectivity index (χ2v) is 10.8. The molecule has 0 atom stereocenters. The fourth-order valence-corrected chi connectivity index (χ4v) is 4.50. The number of ether oxygens (including phenoxy) is 1. The van der Waals surface area contributed by atoms with Crippen LogP contribution in [-0.4, -0.2) is 12.6 Å². The first-order valence-electron chi connectivity index (χ1n) is 16.4. The molecule has 0 bridgehead atoms. The molecule has 37 heavy (non-hydrogen) atoms. The van der Waals surface area contributed by atoms with Gasteiger partial charge in [0.1, 0.15) is 0 Å². The molecule has 0 aliphatic carbocycles. The Morgan fingerprint density at radius 2 is 0.865 bits per heavy atom. The van der Waals surface area contributed by atoms with Crippen molar-refractivity contribution in [2.45, 2.75) is 174 Å². The highest BCUT2D eigenvalue weighted by Crippen LogP contribution is 2.11. The normalized spacial score (nSPS) is 11.9. The summed E-state index contributed by atoms with van der Waals surface area (Å²) in [4.78, 5) is 11.9. The Morgan fingerprint density at radius 1 is 0.459 bits per heavy atom. The van der Waals surface area contributed by atoms with Crippen LogP contribution in [0.2, 0.25) is 0 Å². The van der Waals surface area contributed by atoms with Gasteiger partial charge in [0, 0.05) is 6.42 Å². The SMILES string of the molecule is CCCC/C=C\C/C=C\CCCCCCCC(=O)OCCCCCCCC/C=C\CCCCCCCC. The van der Waals surface area contributed by atoms with E-state index in [4.69, 9.17) is 4.74 Å². The van der Waals surface area contributed by atoms with Crippen molar-refractivity contribution in [1.82, 2.24) is 0 Å². The number of hydrogen-bond donors (Lipinski definition) is 0. The van der Waals surface area contributed by atoms with Crippen LogP contribution in [-0.2, 0) is 9.53 Å². The van der Waals surface area contributed by atoms with E-state index in [-0.39, 0.29) is 5.97 Å². The molecule has 0 aromatic rings. The second-order valence-electron chi connectivity index (χ2n) is 10.8. The lowest BCUT2D eigenvalue weighted by atomic mass is 10.1.